The van der Waals surface area contributed by atoms with Crippen molar-refractivity contribution < 1.29 is 22.7 Å². The van der Waals surface area contributed by atoms with Crippen LogP contribution in [0, 0.1) is 0 Å². The highest BCUT2D eigenvalue weighted by Crippen LogP contribution is 2.45. The predicted molar refractivity (Wildman–Crippen MR) is 54.3 cm³/mol. The van der Waals surface area contributed by atoms with Crippen LogP contribution < -0.4 is 0 Å². The van der Waals surface area contributed by atoms with E-state index in [0.29, 0.717) is 6.29 Å². The van der Waals surface area contributed by atoms with Crippen molar-refractivity contribution in [2.45, 2.75) is 18.4 Å². The monoisotopic (exact) mass is 242 g/mol. The van der Waals surface area contributed by atoms with Gasteiger partial charge >= 0.3 is 6.18 Å². The predicted octanol–water partition coefficient (Wildman–Crippen LogP) is 2.90. The zero-order chi connectivity index (χ0) is 12.5. The number of benzene rings is 1. The summed E-state index contributed by atoms with van der Waals surface area (Å²) < 4.78 is 43.2. The van der Waals surface area contributed by atoms with E-state index in [9.17, 15) is 18.0 Å². The third-order valence-electron chi connectivity index (χ3n) is 2.48. The first-order valence-corrected chi connectivity index (χ1v) is 4.97. The second-order valence-electron chi connectivity index (χ2n) is 3.63. The average Bonchev–Trinajstić information content (AvgIpc) is 3.04. The second-order valence-corrected chi connectivity index (χ2v) is 3.63. The summed E-state index contributed by atoms with van der Waals surface area (Å²) in [7, 11) is 0. The van der Waals surface area contributed by atoms with E-state index in [1.165, 1.54) is 30.4 Å². The van der Waals surface area contributed by atoms with Gasteiger partial charge in [0.15, 0.2) is 0 Å². The summed E-state index contributed by atoms with van der Waals surface area (Å²) in [5.74, 6) is 0. The molecule has 0 aromatic heterocycles. The summed E-state index contributed by atoms with van der Waals surface area (Å²) in [6.45, 7) is 0. The molecule has 1 aliphatic rings. The Bertz CT molecular complexity index is 451. The fourth-order valence-corrected chi connectivity index (χ4v) is 1.68. The first-order valence-electron chi connectivity index (χ1n) is 4.97. The molecule has 0 spiro atoms. The van der Waals surface area contributed by atoms with Gasteiger partial charge in [-0.1, -0.05) is 18.2 Å². The average molecular weight is 242 g/mol. The minimum absolute atomic E-state index is 0.112. The van der Waals surface area contributed by atoms with E-state index in [1.54, 1.807) is 0 Å². The molecule has 0 aliphatic carbocycles. The number of epoxide rings is 1. The number of hydrogen-bond acceptors (Lipinski definition) is 2. The van der Waals surface area contributed by atoms with Gasteiger partial charge in [0, 0.05) is 0 Å². The van der Waals surface area contributed by atoms with E-state index in [-0.39, 0.29) is 5.56 Å². The van der Waals surface area contributed by atoms with Crippen LogP contribution in [0.25, 0.3) is 0 Å². The number of allylic oxidation sites excluding steroid dienone is 1. The number of rotatable bonds is 3. The number of carbonyl (C=O) groups is 1. The van der Waals surface area contributed by atoms with Gasteiger partial charge in [0.05, 0.1) is 5.56 Å². The highest BCUT2D eigenvalue weighted by molar-refractivity contribution is 5.65. The molecule has 1 fully saturated rings. The number of halogens is 3. The van der Waals surface area contributed by atoms with Gasteiger partial charge in [-0.2, -0.15) is 13.2 Å². The Morgan fingerprint density at radius 1 is 1.24 bits per heavy atom. The van der Waals surface area contributed by atoms with Gasteiger partial charge in [0.1, 0.15) is 18.5 Å². The molecule has 1 aromatic rings. The van der Waals surface area contributed by atoms with Crippen LogP contribution in [0.3, 0.4) is 0 Å². The lowest BCUT2D eigenvalue weighted by molar-refractivity contribution is -0.138. The van der Waals surface area contributed by atoms with Crippen LogP contribution in [0.1, 0.15) is 17.2 Å². The smallest absolute Gasteiger partial charge is 0.360 e. The number of aldehydes is 1. The standard InChI is InChI=1S/C12H9F3O2/c13-12(14,15)9-5-2-1-4-8(9)11-10(17-11)6-3-7-16/h1-7,10-11H/b6-3+/t10-,11-/m1/s1. The minimum atomic E-state index is -4.39. The van der Waals surface area contributed by atoms with Gasteiger partial charge in [-0.05, 0) is 23.8 Å². The second kappa shape index (κ2) is 4.33. The minimum Gasteiger partial charge on any atom is -0.360 e. The van der Waals surface area contributed by atoms with Crippen molar-refractivity contribution in [3.8, 4) is 0 Å². The van der Waals surface area contributed by atoms with Crippen molar-refractivity contribution in [2.75, 3.05) is 0 Å². The molecule has 0 N–H and O–H groups in total. The molecule has 1 aliphatic heterocycles. The van der Waals surface area contributed by atoms with Crippen molar-refractivity contribution in [1.82, 2.24) is 0 Å². The molecule has 0 bridgehead atoms. The molecule has 1 heterocycles. The van der Waals surface area contributed by atoms with Gasteiger partial charge in [-0.25, -0.2) is 0 Å². The maximum absolute atomic E-state index is 12.7. The third-order valence-corrected chi connectivity index (χ3v) is 2.48. The van der Waals surface area contributed by atoms with Crippen molar-refractivity contribution in [3.63, 3.8) is 0 Å². The van der Waals surface area contributed by atoms with Gasteiger partial charge in [-0.15, -0.1) is 0 Å². The summed E-state index contributed by atoms with van der Waals surface area (Å²) >= 11 is 0. The van der Waals surface area contributed by atoms with Crippen LogP contribution in [0.4, 0.5) is 13.2 Å². The Balaban J connectivity index is 2.23. The molecule has 1 aromatic carbocycles. The molecule has 1 saturated heterocycles. The molecule has 5 heteroatoms. The van der Waals surface area contributed by atoms with Crippen LogP contribution in [0.2, 0.25) is 0 Å². The number of carbonyl (C=O) groups excluding carboxylic acids is 1. The Labute approximate surface area is 95.7 Å². The quantitative estimate of drug-likeness (QED) is 0.463. The molecular formula is C12H9F3O2. The maximum Gasteiger partial charge on any atom is 0.416 e. The summed E-state index contributed by atoms with van der Waals surface area (Å²) in [5, 5.41) is 0. The highest BCUT2D eigenvalue weighted by atomic mass is 19.4. The van der Waals surface area contributed by atoms with E-state index in [1.807, 2.05) is 0 Å². The maximum atomic E-state index is 12.7. The zero-order valence-electron chi connectivity index (χ0n) is 8.65. The Morgan fingerprint density at radius 3 is 2.59 bits per heavy atom. The van der Waals surface area contributed by atoms with Crippen molar-refractivity contribution in [3.05, 3.63) is 47.5 Å². The fraction of sp³-hybridized carbons (Fsp3) is 0.250. The number of ether oxygens (including phenoxy) is 1. The van der Waals surface area contributed by atoms with Crippen LogP contribution >= 0.6 is 0 Å². The molecule has 0 radical (unpaired) electrons. The molecule has 90 valence electrons. The normalized spacial score (nSPS) is 23.9. The molecular weight excluding hydrogens is 233 g/mol. The summed E-state index contributed by atoms with van der Waals surface area (Å²) in [6.07, 6.45) is -2.20. The molecule has 2 rings (SSSR count). The zero-order valence-corrected chi connectivity index (χ0v) is 8.65. The summed E-state index contributed by atoms with van der Waals surface area (Å²) in [5.41, 5.74) is -0.576. The Kier molecular flexibility index (Phi) is 3.02. The van der Waals surface area contributed by atoms with E-state index < -0.39 is 23.9 Å². The first kappa shape index (κ1) is 11.9. The molecule has 2 atom stereocenters. The summed E-state index contributed by atoms with van der Waals surface area (Å²) in [4.78, 5) is 10.1. The van der Waals surface area contributed by atoms with Crippen LogP contribution in [0.15, 0.2) is 36.4 Å². The van der Waals surface area contributed by atoms with Crippen molar-refractivity contribution in [2.24, 2.45) is 0 Å². The number of hydrogen-bond donors (Lipinski definition) is 0. The van der Waals surface area contributed by atoms with E-state index in [2.05, 4.69) is 0 Å². The van der Waals surface area contributed by atoms with Crippen molar-refractivity contribution >= 4 is 6.29 Å². The molecule has 17 heavy (non-hydrogen) atoms. The largest absolute Gasteiger partial charge is 0.416 e. The Hall–Kier alpha value is -1.62. The van der Waals surface area contributed by atoms with Crippen LogP contribution in [-0.4, -0.2) is 12.4 Å². The van der Waals surface area contributed by atoms with Gasteiger partial charge < -0.3 is 4.74 Å². The molecule has 2 nitrogen and oxygen atoms in total. The van der Waals surface area contributed by atoms with E-state index in [0.717, 1.165) is 6.07 Å². The first-order chi connectivity index (χ1) is 8.04. The van der Waals surface area contributed by atoms with E-state index in [4.69, 9.17) is 4.74 Å². The van der Waals surface area contributed by atoms with Gasteiger partial charge in [0.2, 0.25) is 0 Å². The highest BCUT2D eigenvalue weighted by Gasteiger charge is 2.44. The number of alkyl halides is 3. The van der Waals surface area contributed by atoms with Crippen LogP contribution in [-0.2, 0) is 15.7 Å². The van der Waals surface area contributed by atoms with Gasteiger partial charge in [-0.3, -0.25) is 4.79 Å². The van der Waals surface area contributed by atoms with Crippen LogP contribution in [0.5, 0.6) is 0 Å². The topological polar surface area (TPSA) is 29.6 Å². The molecule has 0 saturated carbocycles. The molecule has 0 amide bonds. The molecule has 0 unspecified atom stereocenters. The lowest BCUT2D eigenvalue weighted by atomic mass is 10.0. The lowest BCUT2D eigenvalue weighted by Gasteiger charge is -2.10. The summed E-state index contributed by atoms with van der Waals surface area (Å²) in [6, 6.07) is 5.29. The van der Waals surface area contributed by atoms with Crippen molar-refractivity contribution in [1.29, 1.82) is 0 Å². The Morgan fingerprint density at radius 2 is 1.94 bits per heavy atom. The lowest BCUT2D eigenvalue weighted by Crippen LogP contribution is -2.08. The third kappa shape index (κ3) is 2.55. The van der Waals surface area contributed by atoms with E-state index >= 15 is 0 Å². The SMILES string of the molecule is O=C/C=C/[C@H]1O[C@@H]1c1ccccc1C(F)(F)F. The fourth-order valence-electron chi connectivity index (χ4n) is 1.68. The van der Waals surface area contributed by atoms with Gasteiger partial charge in [0.25, 0.3) is 0 Å².